The molecule has 21 heavy (non-hydrogen) atoms. The van der Waals surface area contributed by atoms with Gasteiger partial charge in [0, 0.05) is 13.6 Å². The van der Waals surface area contributed by atoms with Crippen molar-refractivity contribution in [3.63, 3.8) is 0 Å². The Kier molecular flexibility index (Phi) is 7.21. The van der Waals surface area contributed by atoms with E-state index in [1.165, 1.54) is 37.2 Å². The quantitative estimate of drug-likeness (QED) is 0.531. The number of rotatable bonds is 8. The van der Waals surface area contributed by atoms with Gasteiger partial charge in [-0.2, -0.15) is 12.6 Å². The van der Waals surface area contributed by atoms with Crippen LogP contribution in [0.1, 0.15) is 47.5 Å². The minimum atomic E-state index is 0.149. The van der Waals surface area contributed by atoms with Crippen molar-refractivity contribution in [3.8, 4) is 0 Å². The Morgan fingerprint density at radius 1 is 1.14 bits per heavy atom. The van der Waals surface area contributed by atoms with Gasteiger partial charge in [0.25, 0.3) is 0 Å². The summed E-state index contributed by atoms with van der Waals surface area (Å²) < 4.78 is 0. The van der Waals surface area contributed by atoms with Gasteiger partial charge in [0.15, 0.2) is 0 Å². The highest BCUT2D eigenvalue weighted by atomic mass is 32.1. The number of thiol groups is 1. The van der Waals surface area contributed by atoms with Crippen LogP contribution in [0.2, 0.25) is 0 Å². The van der Waals surface area contributed by atoms with Crippen molar-refractivity contribution < 1.29 is 0 Å². The van der Waals surface area contributed by atoms with Crippen LogP contribution in [0.5, 0.6) is 0 Å². The average Bonchev–Trinajstić information content (AvgIpc) is 2.40. The van der Waals surface area contributed by atoms with Crippen LogP contribution < -0.4 is 0 Å². The average molecular weight is 329 g/mol. The van der Waals surface area contributed by atoms with E-state index in [2.05, 4.69) is 64.1 Å². The predicted octanol–water partition coefficient (Wildman–Crippen LogP) is 4.02. The molecule has 0 amide bonds. The second-order valence-electron chi connectivity index (χ2n) is 6.99. The molecule has 1 unspecified atom stereocenters. The van der Waals surface area contributed by atoms with Crippen LogP contribution >= 0.6 is 24.8 Å². The largest absolute Gasteiger partial charge is 0.374 e. The maximum atomic E-state index is 5.53. The van der Waals surface area contributed by atoms with Crippen molar-refractivity contribution in [1.29, 1.82) is 0 Å². The third-order valence-electron chi connectivity index (χ3n) is 4.15. The maximum Gasteiger partial charge on any atom is 0.0627 e. The molecule has 0 aromatic carbocycles. The first-order chi connectivity index (χ1) is 9.73. The lowest BCUT2D eigenvalue weighted by Crippen LogP contribution is -2.44. The van der Waals surface area contributed by atoms with Gasteiger partial charge in [-0.3, -0.25) is 0 Å². The zero-order valence-electron chi connectivity index (χ0n) is 14.6. The summed E-state index contributed by atoms with van der Waals surface area (Å²) in [6.45, 7) is 15.8. The minimum absolute atomic E-state index is 0.149. The molecule has 0 aromatic rings. The molecule has 1 aliphatic rings. The predicted molar refractivity (Wildman–Crippen MR) is 102 cm³/mol. The zero-order valence-corrected chi connectivity index (χ0v) is 16.3. The third-order valence-corrected chi connectivity index (χ3v) is 5.28. The Labute approximate surface area is 142 Å². The van der Waals surface area contributed by atoms with Crippen LogP contribution in [-0.4, -0.2) is 53.1 Å². The van der Waals surface area contributed by atoms with Crippen molar-refractivity contribution >= 4 is 29.7 Å². The zero-order chi connectivity index (χ0) is 16.2. The van der Waals surface area contributed by atoms with Crippen LogP contribution in [-0.2, 0) is 0 Å². The molecule has 1 atom stereocenters. The van der Waals surface area contributed by atoms with Gasteiger partial charge < -0.3 is 9.80 Å². The smallest absolute Gasteiger partial charge is 0.0627 e. The monoisotopic (exact) mass is 328 g/mol. The summed E-state index contributed by atoms with van der Waals surface area (Å²) in [5.74, 6) is 0. The molecule has 0 radical (unpaired) electrons. The Morgan fingerprint density at radius 2 is 1.76 bits per heavy atom. The molecule has 0 aromatic heterocycles. The molecule has 0 fully saturated rings. The molecular weight excluding hydrogens is 296 g/mol. The van der Waals surface area contributed by atoms with E-state index >= 15 is 0 Å². The van der Waals surface area contributed by atoms with Crippen molar-refractivity contribution in [2.75, 3.05) is 33.2 Å². The maximum absolute atomic E-state index is 5.53. The van der Waals surface area contributed by atoms with E-state index in [-0.39, 0.29) is 10.7 Å². The lowest BCUT2D eigenvalue weighted by molar-refractivity contribution is 0.268. The van der Waals surface area contributed by atoms with Crippen molar-refractivity contribution in [2.45, 2.75) is 52.7 Å². The van der Waals surface area contributed by atoms with Gasteiger partial charge in [0.2, 0.25) is 0 Å². The lowest BCUT2D eigenvalue weighted by Gasteiger charge is -2.43. The van der Waals surface area contributed by atoms with Gasteiger partial charge in [-0.25, -0.2) is 0 Å². The summed E-state index contributed by atoms with van der Waals surface area (Å²) in [5.41, 5.74) is 2.82. The highest BCUT2D eigenvalue weighted by Crippen LogP contribution is 2.43. The first kappa shape index (κ1) is 19.0. The molecule has 122 valence electrons. The van der Waals surface area contributed by atoms with Gasteiger partial charge in [0.1, 0.15) is 0 Å². The highest BCUT2D eigenvalue weighted by molar-refractivity contribution is 7.87. The summed E-state index contributed by atoms with van der Waals surface area (Å²) in [7, 11) is 2.17. The molecule has 1 rings (SSSR count). The molecule has 2 nitrogen and oxygen atoms in total. The summed E-state index contributed by atoms with van der Waals surface area (Å²) in [5, 5.41) is 0.171. The molecule has 0 saturated heterocycles. The topological polar surface area (TPSA) is 6.48 Å². The van der Waals surface area contributed by atoms with E-state index in [4.69, 9.17) is 12.2 Å². The minimum Gasteiger partial charge on any atom is -0.374 e. The molecular formula is C17H32N2S2. The van der Waals surface area contributed by atoms with Crippen molar-refractivity contribution in [3.05, 3.63) is 11.3 Å². The molecule has 0 heterocycles. The molecule has 0 spiro atoms. The second-order valence-corrected chi connectivity index (χ2v) is 7.94. The molecule has 0 N–H and O–H groups in total. The van der Waals surface area contributed by atoms with E-state index in [0.717, 1.165) is 18.0 Å². The van der Waals surface area contributed by atoms with Crippen LogP contribution in [0.4, 0.5) is 0 Å². The van der Waals surface area contributed by atoms with E-state index in [0.29, 0.717) is 0 Å². The molecule has 0 saturated carbocycles. The first-order valence-corrected chi connectivity index (χ1v) is 9.06. The van der Waals surface area contributed by atoms with Crippen LogP contribution in [0.3, 0.4) is 0 Å². The molecule has 0 bridgehead atoms. The highest BCUT2D eigenvalue weighted by Gasteiger charge is 2.40. The normalized spacial score (nSPS) is 19.2. The Hall–Kier alpha value is -0.0600. The van der Waals surface area contributed by atoms with Gasteiger partial charge in [-0.15, -0.1) is 0 Å². The Bertz CT molecular complexity index is 396. The number of nitrogens with zero attached hydrogens (tertiary/aromatic N) is 2. The summed E-state index contributed by atoms with van der Waals surface area (Å²) in [4.78, 5) is 5.88. The summed E-state index contributed by atoms with van der Waals surface area (Å²) in [6.07, 6.45) is 2.42. The van der Waals surface area contributed by atoms with Crippen LogP contribution in [0.15, 0.2) is 11.3 Å². The molecule has 4 heteroatoms. The fourth-order valence-corrected chi connectivity index (χ4v) is 4.01. The Morgan fingerprint density at radius 3 is 2.24 bits per heavy atom. The van der Waals surface area contributed by atoms with Gasteiger partial charge in [-0.05, 0) is 43.5 Å². The first-order valence-electron chi connectivity index (χ1n) is 8.14. The fraction of sp³-hybridized carbons (Fsp3) is 0.824. The number of allylic oxidation sites excluding steroid dienone is 1. The SMILES string of the molecule is CCCN(CC)CCCN(C)C1=C(C(C)(C)C)C(S)C1=S. The number of hydrogen-bond donors (Lipinski definition) is 1. The van der Waals surface area contributed by atoms with E-state index < -0.39 is 0 Å². The van der Waals surface area contributed by atoms with Crippen molar-refractivity contribution in [2.24, 2.45) is 5.41 Å². The van der Waals surface area contributed by atoms with Gasteiger partial charge >= 0.3 is 0 Å². The summed E-state index contributed by atoms with van der Waals surface area (Å²) in [6, 6.07) is 0. The van der Waals surface area contributed by atoms with Gasteiger partial charge in [0.05, 0.1) is 15.8 Å². The standard InChI is InChI=1S/C17H32N2S2/c1-7-10-19(8-2)12-9-11-18(6)14-13(17(3,4)5)15(20)16(14)21/h15,20H,7-12H2,1-6H3. The Balaban J connectivity index is 2.61. The van der Waals surface area contributed by atoms with E-state index in [9.17, 15) is 0 Å². The van der Waals surface area contributed by atoms with E-state index in [1.54, 1.807) is 0 Å². The number of thiocarbonyl (C=S) groups is 1. The molecule has 1 aliphatic carbocycles. The van der Waals surface area contributed by atoms with Crippen molar-refractivity contribution in [1.82, 2.24) is 9.80 Å². The number of hydrogen-bond acceptors (Lipinski definition) is 4. The van der Waals surface area contributed by atoms with Crippen LogP contribution in [0, 0.1) is 5.41 Å². The van der Waals surface area contributed by atoms with Crippen LogP contribution in [0.25, 0.3) is 0 Å². The third kappa shape index (κ3) is 4.70. The second kappa shape index (κ2) is 7.98. The summed E-state index contributed by atoms with van der Waals surface area (Å²) >= 11 is 10.2. The fourth-order valence-electron chi connectivity index (χ4n) is 2.99. The van der Waals surface area contributed by atoms with Gasteiger partial charge in [-0.1, -0.05) is 46.8 Å². The lowest BCUT2D eigenvalue weighted by atomic mass is 9.74. The molecule has 0 aliphatic heterocycles. The van der Waals surface area contributed by atoms with E-state index in [1.807, 2.05) is 0 Å².